The van der Waals surface area contributed by atoms with Crippen LogP contribution in [0.15, 0.2) is 42.6 Å². The van der Waals surface area contributed by atoms with Crippen molar-refractivity contribution < 1.29 is 9.53 Å². The molecule has 0 unspecified atom stereocenters. The topological polar surface area (TPSA) is 75.5 Å². The van der Waals surface area contributed by atoms with Gasteiger partial charge in [0.05, 0.1) is 12.3 Å². The van der Waals surface area contributed by atoms with Crippen LogP contribution in [0.5, 0.6) is 5.75 Å². The summed E-state index contributed by atoms with van der Waals surface area (Å²) in [6.07, 6.45) is 1.83. The van der Waals surface area contributed by atoms with E-state index in [0.29, 0.717) is 37.1 Å². The average molecular weight is 437 g/mol. The molecule has 2 aromatic heterocycles. The van der Waals surface area contributed by atoms with Crippen molar-refractivity contribution in [2.24, 2.45) is 0 Å². The van der Waals surface area contributed by atoms with Crippen LogP contribution in [0.2, 0.25) is 0 Å². The first-order chi connectivity index (χ1) is 15.6. The number of pyridine rings is 1. The van der Waals surface area contributed by atoms with Crippen molar-refractivity contribution in [2.75, 3.05) is 44.6 Å². The molecule has 0 radical (unpaired) electrons. The molecule has 0 aliphatic carbocycles. The van der Waals surface area contributed by atoms with Gasteiger partial charge < -0.3 is 19.5 Å². The monoisotopic (exact) mass is 436 g/mol. The Bertz CT molecular complexity index is 1060. The highest BCUT2D eigenvalue weighted by atomic mass is 16.5. The highest BCUT2D eigenvalue weighted by Crippen LogP contribution is 2.24. The number of carbonyl (C=O) groups excluding carboxylic acids is 1. The van der Waals surface area contributed by atoms with Crippen LogP contribution in [-0.2, 0) is 6.54 Å². The van der Waals surface area contributed by atoms with E-state index >= 15 is 0 Å². The third-order valence-electron chi connectivity index (χ3n) is 5.78. The number of hydrogen-bond donors (Lipinski definition) is 1. The average Bonchev–Trinajstić information content (AvgIpc) is 3.18. The number of ether oxygens (including phenoxy) is 1. The molecule has 0 saturated carbocycles. The van der Waals surface area contributed by atoms with E-state index in [1.807, 2.05) is 54.4 Å². The maximum Gasteiger partial charge on any atom is 0.322 e. The summed E-state index contributed by atoms with van der Waals surface area (Å²) in [5.74, 6) is 2.11. The van der Waals surface area contributed by atoms with Crippen LogP contribution in [-0.4, -0.2) is 69.7 Å². The Morgan fingerprint density at radius 2 is 1.88 bits per heavy atom. The van der Waals surface area contributed by atoms with Gasteiger partial charge in [0.25, 0.3) is 0 Å². The van der Waals surface area contributed by atoms with Crippen molar-refractivity contribution in [3.8, 4) is 5.75 Å². The van der Waals surface area contributed by atoms with Gasteiger partial charge in [0, 0.05) is 51.4 Å². The molecule has 3 aromatic rings. The Hall–Kier alpha value is -3.13. The lowest BCUT2D eigenvalue weighted by Crippen LogP contribution is -2.50. The van der Waals surface area contributed by atoms with E-state index in [2.05, 4.69) is 33.6 Å². The highest BCUT2D eigenvalue weighted by molar-refractivity contribution is 5.91. The molecule has 8 heteroatoms. The van der Waals surface area contributed by atoms with E-state index in [0.717, 1.165) is 43.2 Å². The molecular weight excluding hydrogens is 404 g/mol. The molecule has 32 heavy (non-hydrogen) atoms. The molecule has 1 aromatic carbocycles. The lowest BCUT2D eigenvalue weighted by atomic mass is 10.2. The van der Waals surface area contributed by atoms with Crippen LogP contribution in [0.3, 0.4) is 0 Å². The van der Waals surface area contributed by atoms with E-state index < -0.39 is 0 Å². The van der Waals surface area contributed by atoms with Crippen LogP contribution in [0, 0.1) is 0 Å². The van der Waals surface area contributed by atoms with Crippen LogP contribution in [0.25, 0.3) is 11.2 Å². The molecule has 1 aliphatic heterocycles. The van der Waals surface area contributed by atoms with Crippen LogP contribution in [0.1, 0.15) is 32.5 Å². The van der Waals surface area contributed by atoms with E-state index in [-0.39, 0.29) is 6.03 Å². The van der Waals surface area contributed by atoms with Crippen molar-refractivity contribution >= 4 is 22.9 Å². The van der Waals surface area contributed by atoms with Crippen LogP contribution in [0.4, 0.5) is 10.5 Å². The minimum absolute atomic E-state index is 0.0799. The Labute approximate surface area is 189 Å². The number of fused-ring (bicyclic) bond motifs is 1. The number of hydrogen-bond acceptors (Lipinski definition) is 5. The molecule has 1 aliphatic rings. The predicted octanol–water partition coefficient (Wildman–Crippen LogP) is 3.80. The minimum Gasteiger partial charge on any atom is -0.492 e. The lowest BCUT2D eigenvalue weighted by molar-refractivity contribution is 0.144. The van der Waals surface area contributed by atoms with Crippen molar-refractivity contribution in [3.63, 3.8) is 0 Å². The van der Waals surface area contributed by atoms with Gasteiger partial charge in [-0.3, -0.25) is 4.90 Å². The Balaban J connectivity index is 1.33. The second kappa shape index (κ2) is 9.99. The molecule has 4 rings (SSSR count). The molecule has 170 valence electrons. The number of piperazine rings is 1. The molecule has 3 heterocycles. The maximum absolute atomic E-state index is 12.8. The normalized spacial score (nSPS) is 14.8. The molecule has 0 atom stereocenters. The molecule has 1 N–H and O–H groups in total. The molecule has 0 bridgehead atoms. The number of nitrogens with zero attached hydrogens (tertiary/aromatic N) is 5. The zero-order valence-electron chi connectivity index (χ0n) is 19.1. The van der Waals surface area contributed by atoms with Crippen molar-refractivity contribution in [2.45, 2.75) is 33.2 Å². The summed E-state index contributed by atoms with van der Waals surface area (Å²) in [6.45, 7) is 11.7. The number of carbonyl (C=O) groups is 1. The first-order valence-corrected chi connectivity index (χ1v) is 11.4. The number of para-hydroxylation sites is 2. The fourth-order valence-electron chi connectivity index (χ4n) is 4.10. The van der Waals surface area contributed by atoms with Gasteiger partial charge in [-0.2, -0.15) is 0 Å². The third kappa shape index (κ3) is 4.85. The highest BCUT2D eigenvalue weighted by Gasteiger charge is 2.22. The van der Waals surface area contributed by atoms with Crippen LogP contribution < -0.4 is 10.1 Å². The second-order valence-electron chi connectivity index (χ2n) is 8.31. The molecule has 2 amide bonds. The summed E-state index contributed by atoms with van der Waals surface area (Å²) in [4.78, 5) is 26.4. The minimum atomic E-state index is -0.0799. The van der Waals surface area contributed by atoms with E-state index in [4.69, 9.17) is 9.72 Å². The van der Waals surface area contributed by atoms with Gasteiger partial charge >= 0.3 is 6.03 Å². The SMILES string of the molecule is CCOc1ccccc1NC(=O)N1CCN(CCn2c(C(C)C)nc3cccnc32)CC1. The standard InChI is InChI=1S/C24H32N6O2/c1-4-32-21-10-6-5-8-19(21)27-24(31)29-15-12-28(13-16-29)14-17-30-22(18(2)3)26-20-9-7-11-25-23(20)30/h5-11,18H,4,12-17H2,1-3H3,(H,27,31). The Morgan fingerprint density at radius 1 is 1.09 bits per heavy atom. The molecular formula is C24H32N6O2. The van der Waals surface area contributed by atoms with E-state index in [1.54, 1.807) is 0 Å². The largest absolute Gasteiger partial charge is 0.492 e. The second-order valence-corrected chi connectivity index (χ2v) is 8.31. The van der Waals surface area contributed by atoms with E-state index in [1.165, 1.54) is 0 Å². The summed E-state index contributed by atoms with van der Waals surface area (Å²) in [5.41, 5.74) is 2.61. The number of aromatic nitrogens is 3. The predicted molar refractivity (Wildman–Crippen MR) is 126 cm³/mol. The smallest absolute Gasteiger partial charge is 0.322 e. The van der Waals surface area contributed by atoms with Crippen LogP contribution >= 0.6 is 0 Å². The van der Waals surface area contributed by atoms with Crippen molar-refractivity contribution in [3.05, 3.63) is 48.4 Å². The Morgan fingerprint density at radius 3 is 2.62 bits per heavy atom. The van der Waals surface area contributed by atoms with Crippen molar-refractivity contribution in [1.82, 2.24) is 24.3 Å². The van der Waals surface area contributed by atoms with Gasteiger partial charge in [0.2, 0.25) is 0 Å². The summed E-state index contributed by atoms with van der Waals surface area (Å²) >= 11 is 0. The Kier molecular flexibility index (Phi) is 6.90. The lowest BCUT2D eigenvalue weighted by Gasteiger charge is -2.35. The summed E-state index contributed by atoms with van der Waals surface area (Å²) < 4.78 is 7.85. The van der Waals surface area contributed by atoms with Gasteiger partial charge in [-0.15, -0.1) is 0 Å². The fraction of sp³-hybridized carbons (Fsp3) is 0.458. The molecule has 0 spiro atoms. The van der Waals surface area contributed by atoms with Gasteiger partial charge in [-0.25, -0.2) is 14.8 Å². The zero-order chi connectivity index (χ0) is 22.5. The number of urea groups is 1. The van der Waals surface area contributed by atoms with Gasteiger partial charge in [-0.1, -0.05) is 26.0 Å². The molecule has 1 saturated heterocycles. The number of rotatable bonds is 7. The number of imidazole rings is 1. The number of anilines is 1. The van der Waals surface area contributed by atoms with Crippen molar-refractivity contribution in [1.29, 1.82) is 0 Å². The first kappa shape index (κ1) is 22.1. The summed E-state index contributed by atoms with van der Waals surface area (Å²) in [6, 6.07) is 11.4. The maximum atomic E-state index is 12.8. The zero-order valence-corrected chi connectivity index (χ0v) is 19.1. The number of nitrogens with one attached hydrogen (secondary N) is 1. The third-order valence-corrected chi connectivity index (χ3v) is 5.78. The van der Waals surface area contributed by atoms with Gasteiger partial charge in [0.15, 0.2) is 5.65 Å². The quantitative estimate of drug-likeness (QED) is 0.610. The molecule has 1 fully saturated rings. The first-order valence-electron chi connectivity index (χ1n) is 11.4. The van der Waals surface area contributed by atoms with E-state index in [9.17, 15) is 4.79 Å². The summed E-state index contributed by atoms with van der Waals surface area (Å²) in [5, 5.41) is 3.00. The number of benzene rings is 1. The van der Waals surface area contributed by atoms with Gasteiger partial charge in [-0.05, 0) is 31.2 Å². The molecule has 8 nitrogen and oxygen atoms in total. The van der Waals surface area contributed by atoms with Gasteiger partial charge in [0.1, 0.15) is 17.1 Å². The fourth-order valence-corrected chi connectivity index (χ4v) is 4.10. The number of amides is 2. The summed E-state index contributed by atoms with van der Waals surface area (Å²) in [7, 11) is 0.